The van der Waals surface area contributed by atoms with E-state index in [1.54, 1.807) is 21.3 Å². The Bertz CT molecular complexity index is 975. The summed E-state index contributed by atoms with van der Waals surface area (Å²) in [4.78, 5) is 2.33. The molecule has 30 heavy (non-hydrogen) atoms. The number of ether oxygens (including phenoxy) is 3. The normalized spacial score (nSPS) is 20.9. The maximum absolute atomic E-state index is 10.2. The van der Waals surface area contributed by atoms with E-state index in [0.29, 0.717) is 17.5 Å². The molecule has 0 aromatic heterocycles. The van der Waals surface area contributed by atoms with E-state index in [1.807, 2.05) is 30.3 Å². The summed E-state index contributed by atoms with van der Waals surface area (Å²) in [6.07, 6.45) is 4.49. The highest BCUT2D eigenvalue weighted by atomic mass is 16.5. The molecular weight excluding hydrogens is 376 g/mol. The van der Waals surface area contributed by atoms with Gasteiger partial charge in [0.1, 0.15) is 17.5 Å². The summed E-state index contributed by atoms with van der Waals surface area (Å²) >= 11 is 0. The Morgan fingerprint density at radius 3 is 2.37 bits per heavy atom. The van der Waals surface area contributed by atoms with E-state index in [1.165, 1.54) is 12.0 Å². The molecule has 2 aliphatic heterocycles. The predicted octanol–water partition coefficient (Wildman–Crippen LogP) is 4.99. The Balaban J connectivity index is 1.87. The summed E-state index contributed by atoms with van der Waals surface area (Å²) in [5.41, 5.74) is 4.08. The average Bonchev–Trinajstić information content (AvgIpc) is 2.82. The van der Waals surface area contributed by atoms with E-state index >= 15 is 0 Å². The first-order chi connectivity index (χ1) is 14.7. The van der Waals surface area contributed by atoms with Crippen molar-refractivity contribution in [1.29, 1.82) is 5.26 Å². The van der Waals surface area contributed by atoms with Gasteiger partial charge < -0.3 is 19.1 Å². The lowest BCUT2D eigenvalue weighted by atomic mass is 9.76. The highest BCUT2D eigenvalue weighted by molar-refractivity contribution is 5.79. The Morgan fingerprint density at radius 2 is 1.70 bits per heavy atom. The first-order valence-corrected chi connectivity index (χ1v) is 10.5. The molecule has 0 saturated carbocycles. The first kappa shape index (κ1) is 20.2. The number of nitrogens with zero attached hydrogens (tertiary/aromatic N) is 2. The van der Waals surface area contributed by atoms with E-state index in [2.05, 4.69) is 23.1 Å². The zero-order chi connectivity index (χ0) is 21.1. The zero-order valence-corrected chi connectivity index (χ0v) is 17.9. The lowest BCUT2D eigenvalue weighted by molar-refractivity contribution is 0.177. The van der Waals surface area contributed by atoms with Crippen LogP contribution in [0.3, 0.4) is 0 Å². The lowest BCUT2D eigenvalue weighted by Gasteiger charge is -2.44. The fourth-order valence-electron chi connectivity index (χ4n) is 4.85. The monoisotopic (exact) mass is 404 g/mol. The number of nitriles is 1. The molecule has 4 rings (SSSR count). The molecule has 0 N–H and O–H groups in total. The Labute approximate surface area is 178 Å². The Hall–Kier alpha value is -3.13. The van der Waals surface area contributed by atoms with Crippen LogP contribution in [0.2, 0.25) is 0 Å². The minimum atomic E-state index is 0.142. The molecule has 0 unspecified atom stereocenters. The number of piperidine rings is 1. The van der Waals surface area contributed by atoms with E-state index in [-0.39, 0.29) is 5.92 Å². The minimum absolute atomic E-state index is 0.142. The van der Waals surface area contributed by atoms with Crippen molar-refractivity contribution >= 4 is 5.57 Å². The van der Waals surface area contributed by atoms with Crippen molar-refractivity contribution in [2.24, 2.45) is 0 Å². The number of benzene rings is 2. The summed E-state index contributed by atoms with van der Waals surface area (Å²) in [5, 5.41) is 10.2. The second kappa shape index (κ2) is 8.71. The summed E-state index contributed by atoms with van der Waals surface area (Å²) in [5.74, 6) is 2.34. The van der Waals surface area contributed by atoms with Gasteiger partial charge in [0.2, 0.25) is 0 Å². The van der Waals surface area contributed by atoms with Crippen LogP contribution in [0.4, 0.5) is 0 Å². The van der Waals surface area contributed by atoms with Gasteiger partial charge in [-0.15, -0.1) is 0 Å². The summed E-state index contributed by atoms with van der Waals surface area (Å²) in [6, 6.07) is 17.2. The molecule has 5 nitrogen and oxygen atoms in total. The molecule has 0 aliphatic carbocycles. The third-order valence-corrected chi connectivity index (χ3v) is 6.34. The van der Waals surface area contributed by atoms with Crippen molar-refractivity contribution in [3.8, 4) is 23.3 Å². The van der Waals surface area contributed by atoms with Gasteiger partial charge in [-0.1, -0.05) is 18.2 Å². The van der Waals surface area contributed by atoms with Gasteiger partial charge in [0.25, 0.3) is 0 Å². The molecule has 2 atom stereocenters. The third kappa shape index (κ3) is 3.59. The van der Waals surface area contributed by atoms with E-state index in [0.717, 1.165) is 48.4 Å². The van der Waals surface area contributed by atoms with Gasteiger partial charge in [0, 0.05) is 24.1 Å². The molecule has 2 aromatic carbocycles. The smallest absolute Gasteiger partial charge is 0.161 e. The van der Waals surface area contributed by atoms with Crippen molar-refractivity contribution in [2.45, 2.75) is 37.6 Å². The van der Waals surface area contributed by atoms with Crippen LogP contribution in [-0.2, 0) is 0 Å². The fraction of sp³-hybridized carbons (Fsp3) is 0.400. The molecule has 2 aromatic rings. The fourth-order valence-corrected chi connectivity index (χ4v) is 4.85. The van der Waals surface area contributed by atoms with Gasteiger partial charge in [0.15, 0.2) is 11.5 Å². The van der Waals surface area contributed by atoms with E-state index in [4.69, 9.17) is 14.2 Å². The number of allylic oxidation sites excluding steroid dienone is 2. The Kier molecular flexibility index (Phi) is 5.85. The molecule has 0 bridgehead atoms. The largest absolute Gasteiger partial charge is 0.497 e. The maximum Gasteiger partial charge on any atom is 0.161 e. The number of fused-ring (bicyclic) bond motifs is 1. The highest BCUT2D eigenvalue weighted by Crippen LogP contribution is 2.47. The quantitative estimate of drug-likeness (QED) is 0.703. The van der Waals surface area contributed by atoms with Crippen LogP contribution < -0.4 is 14.2 Å². The molecule has 0 spiro atoms. The molecule has 1 saturated heterocycles. The molecule has 0 radical (unpaired) electrons. The number of rotatable bonds is 5. The van der Waals surface area contributed by atoms with Gasteiger partial charge in [-0.2, -0.15) is 5.26 Å². The number of methoxy groups -OCH3 is 3. The third-order valence-electron chi connectivity index (χ3n) is 6.34. The number of hydrogen-bond acceptors (Lipinski definition) is 5. The van der Waals surface area contributed by atoms with Gasteiger partial charge in [-0.3, -0.25) is 0 Å². The molecule has 2 heterocycles. The Morgan fingerprint density at radius 1 is 0.933 bits per heavy atom. The van der Waals surface area contributed by atoms with Crippen molar-refractivity contribution in [2.75, 3.05) is 27.9 Å². The van der Waals surface area contributed by atoms with Crippen LogP contribution >= 0.6 is 0 Å². The van der Waals surface area contributed by atoms with Gasteiger partial charge >= 0.3 is 0 Å². The molecular formula is C25H28N2O3. The molecule has 1 fully saturated rings. The van der Waals surface area contributed by atoms with Crippen molar-refractivity contribution in [3.63, 3.8) is 0 Å². The van der Waals surface area contributed by atoms with Crippen LogP contribution in [0.1, 0.15) is 42.7 Å². The molecule has 156 valence electrons. The highest BCUT2D eigenvalue weighted by Gasteiger charge is 2.37. The van der Waals surface area contributed by atoms with Crippen LogP contribution in [0.25, 0.3) is 5.57 Å². The summed E-state index contributed by atoms with van der Waals surface area (Å²) in [6.45, 7) is 0.944. The van der Waals surface area contributed by atoms with Crippen molar-refractivity contribution < 1.29 is 14.2 Å². The standard InChI is InChI=1S/C25H28N2O3/c1-28-20-10-7-17(8-11-20)21-15-19-6-4-5-13-27(19)22(16-26)25(21)18-9-12-23(29-2)24(14-18)30-3/h7-12,14,19,21H,4-6,13,15H2,1-3H3/t19-,21+/m1/s1. The second-order valence-corrected chi connectivity index (χ2v) is 7.85. The van der Waals surface area contributed by atoms with E-state index < -0.39 is 0 Å². The SMILES string of the molecule is COc1ccc([C@@H]2C[C@H]3CCCCN3C(C#N)=C2c2ccc(OC)c(OC)c2)cc1. The molecule has 2 aliphatic rings. The van der Waals surface area contributed by atoms with Crippen LogP contribution in [-0.4, -0.2) is 38.8 Å². The lowest BCUT2D eigenvalue weighted by Crippen LogP contribution is -2.43. The van der Waals surface area contributed by atoms with Crippen molar-refractivity contribution in [1.82, 2.24) is 4.90 Å². The summed E-state index contributed by atoms with van der Waals surface area (Å²) < 4.78 is 16.3. The van der Waals surface area contributed by atoms with Crippen molar-refractivity contribution in [3.05, 3.63) is 59.3 Å². The van der Waals surface area contributed by atoms with E-state index in [9.17, 15) is 5.26 Å². The van der Waals surface area contributed by atoms with Crippen LogP contribution in [0, 0.1) is 11.3 Å². The predicted molar refractivity (Wildman–Crippen MR) is 117 cm³/mol. The van der Waals surface area contributed by atoms with Gasteiger partial charge in [-0.05, 0) is 61.1 Å². The zero-order valence-electron chi connectivity index (χ0n) is 17.9. The first-order valence-electron chi connectivity index (χ1n) is 10.5. The molecule has 0 amide bonds. The van der Waals surface area contributed by atoms with Crippen LogP contribution in [0.15, 0.2) is 48.2 Å². The van der Waals surface area contributed by atoms with Crippen LogP contribution in [0.5, 0.6) is 17.2 Å². The van der Waals surface area contributed by atoms with Gasteiger partial charge in [-0.25, -0.2) is 0 Å². The topological polar surface area (TPSA) is 54.7 Å². The second-order valence-electron chi connectivity index (χ2n) is 7.85. The summed E-state index contributed by atoms with van der Waals surface area (Å²) in [7, 11) is 4.96. The maximum atomic E-state index is 10.2. The number of hydrogen-bond donors (Lipinski definition) is 0. The average molecular weight is 405 g/mol. The minimum Gasteiger partial charge on any atom is -0.497 e. The van der Waals surface area contributed by atoms with Gasteiger partial charge in [0.05, 0.1) is 21.3 Å². The molecule has 5 heteroatoms.